The molecule has 0 spiro atoms. The Kier molecular flexibility index (Phi) is 5.24. The highest BCUT2D eigenvalue weighted by Crippen LogP contribution is 2.24. The zero-order chi connectivity index (χ0) is 16.2. The molecule has 0 unspecified atom stereocenters. The average Bonchev–Trinajstić information content (AvgIpc) is 2.86. The number of sulfonamides is 1. The first-order valence-corrected chi connectivity index (χ1v) is 8.71. The van der Waals surface area contributed by atoms with Gasteiger partial charge in [-0.2, -0.15) is 18.1 Å². The number of nitrogens with one attached hydrogen (secondary N) is 1. The van der Waals surface area contributed by atoms with Crippen molar-refractivity contribution in [3.63, 3.8) is 0 Å². The van der Waals surface area contributed by atoms with Crippen molar-refractivity contribution in [2.24, 2.45) is 0 Å². The lowest BCUT2D eigenvalue weighted by atomic mass is 10.2. The molecule has 0 amide bonds. The number of benzene rings is 1. The summed E-state index contributed by atoms with van der Waals surface area (Å²) in [4.78, 5) is 4.07. The Bertz CT molecular complexity index is 717. The van der Waals surface area contributed by atoms with Gasteiger partial charge in [0.05, 0.1) is 5.75 Å². The third-order valence-electron chi connectivity index (χ3n) is 2.48. The van der Waals surface area contributed by atoms with E-state index in [0.717, 1.165) is 11.5 Å². The number of aromatic nitrogens is 2. The van der Waals surface area contributed by atoms with E-state index in [4.69, 9.17) is 0 Å². The molecule has 0 radical (unpaired) electrons. The molecule has 0 bridgehead atoms. The smallest absolute Gasteiger partial charge is 0.387 e. The molecule has 1 aromatic heterocycles. The number of nitrogens with zero attached hydrogens (tertiary/aromatic N) is 2. The van der Waals surface area contributed by atoms with Crippen molar-refractivity contribution in [3.8, 4) is 17.1 Å². The van der Waals surface area contributed by atoms with E-state index in [1.807, 2.05) is 0 Å². The molecule has 10 heteroatoms. The Labute approximate surface area is 130 Å². The molecule has 0 aliphatic carbocycles. The molecule has 0 fully saturated rings. The molecule has 6 nitrogen and oxygen atoms in total. The van der Waals surface area contributed by atoms with Gasteiger partial charge in [-0.25, -0.2) is 8.42 Å². The van der Waals surface area contributed by atoms with Gasteiger partial charge in [-0.1, -0.05) is 6.92 Å². The maximum atomic E-state index is 12.1. The molecular weight excluding hydrogens is 336 g/mol. The number of rotatable bonds is 7. The number of hydrogen-bond donors (Lipinski definition) is 1. The van der Waals surface area contributed by atoms with Gasteiger partial charge in [0.25, 0.3) is 0 Å². The van der Waals surface area contributed by atoms with Crippen LogP contribution in [-0.4, -0.2) is 30.1 Å². The Morgan fingerprint density at radius 2 is 2.00 bits per heavy atom. The van der Waals surface area contributed by atoms with Crippen LogP contribution in [0.1, 0.15) is 13.3 Å². The zero-order valence-corrected chi connectivity index (χ0v) is 13.1. The van der Waals surface area contributed by atoms with Crippen LogP contribution in [-0.2, 0) is 10.0 Å². The van der Waals surface area contributed by atoms with Crippen LogP contribution >= 0.6 is 11.5 Å². The van der Waals surface area contributed by atoms with Crippen LogP contribution < -0.4 is 9.46 Å². The second-order valence-corrected chi connectivity index (χ2v) is 6.84. The maximum absolute atomic E-state index is 12.1. The Balaban J connectivity index is 2.11. The number of anilines is 1. The molecule has 0 aliphatic rings. The highest BCUT2D eigenvalue weighted by atomic mass is 32.2. The van der Waals surface area contributed by atoms with Crippen molar-refractivity contribution < 1.29 is 21.9 Å². The molecule has 2 rings (SSSR count). The third-order valence-corrected chi connectivity index (χ3v) is 4.69. The first-order chi connectivity index (χ1) is 10.4. The van der Waals surface area contributed by atoms with Gasteiger partial charge in [-0.15, -0.1) is 0 Å². The molecule has 1 heterocycles. The molecule has 0 saturated carbocycles. The van der Waals surface area contributed by atoms with Crippen molar-refractivity contribution in [2.45, 2.75) is 20.0 Å². The van der Waals surface area contributed by atoms with Crippen LogP contribution in [0.4, 0.5) is 13.9 Å². The molecule has 120 valence electrons. The van der Waals surface area contributed by atoms with Gasteiger partial charge in [0.1, 0.15) is 5.75 Å². The summed E-state index contributed by atoms with van der Waals surface area (Å²) in [6, 6.07) is 5.76. The SMILES string of the molecule is CCCS(=O)(=O)Nc1nc(-c2ccc(OC(F)F)cc2)ns1. The lowest BCUT2D eigenvalue weighted by Crippen LogP contribution is -2.15. The molecule has 1 aromatic carbocycles. The summed E-state index contributed by atoms with van der Waals surface area (Å²) in [6.07, 6.45) is 0.493. The summed E-state index contributed by atoms with van der Waals surface area (Å²) in [6.45, 7) is -1.13. The van der Waals surface area contributed by atoms with Gasteiger partial charge in [-0.05, 0) is 30.7 Å². The zero-order valence-electron chi connectivity index (χ0n) is 11.5. The number of ether oxygens (including phenoxy) is 1. The van der Waals surface area contributed by atoms with Gasteiger partial charge in [-0.3, -0.25) is 4.72 Å². The fourth-order valence-corrected chi connectivity index (χ4v) is 3.55. The predicted molar refractivity (Wildman–Crippen MR) is 79.7 cm³/mol. The molecule has 0 saturated heterocycles. The van der Waals surface area contributed by atoms with E-state index >= 15 is 0 Å². The summed E-state index contributed by atoms with van der Waals surface area (Å²) < 4.78 is 58.0. The fraction of sp³-hybridized carbons (Fsp3) is 0.333. The minimum Gasteiger partial charge on any atom is -0.435 e. The van der Waals surface area contributed by atoms with E-state index in [-0.39, 0.29) is 16.6 Å². The second kappa shape index (κ2) is 6.97. The number of alkyl halides is 2. The van der Waals surface area contributed by atoms with Crippen molar-refractivity contribution in [1.82, 2.24) is 9.36 Å². The monoisotopic (exact) mass is 349 g/mol. The van der Waals surface area contributed by atoms with Crippen molar-refractivity contribution in [2.75, 3.05) is 10.5 Å². The molecule has 0 aliphatic heterocycles. The van der Waals surface area contributed by atoms with E-state index in [2.05, 4.69) is 18.8 Å². The summed E-state index contributed by atoms with van der Waals surface area (Å²) in [5.74, 6) is 0.335. The normalized spacial score (nSPS) is 11.6. The molecular formula is C12H13F2N3O3S2. The van der Waals surface area contributed by atoms with Crippen molar-refractivity contribution in [1.29, 1.82) is 0 Å². The van der Waals surface area contributed by atoms with E-state index in [1.165, 1.54) is 24.3 Å². The average molecular weight is 349 g/mol. The summed E-state index contributed by atoms with van der Waals surface area (Å²) >= 11 is 0.909. The molecule has 2 aromatic rings. The Hall–Kier alpha value is -1.81. The Morgan fingerprint density at radius 1 is 1.32 bits per heavy atom. The van der Waals surface area contributed by atoms with Crippen LogP contribution in [0.25, 0.3) is 11.4 Å². The van der Waals surface area contributed by atoms with Crippen molar-refractivity contribution >= 4 is 26.7 Å². The Morgan fingerprint density at radius 3 is 2.59 bits per heavy atom. The van der Waals surface area contributed by atoms with Gasteiger partial charge in [0.15, 0.2) is 5.82 Å². The van der Waals surface area contributed by atoms with Crippen LogP contribution in [0.3, 0.4) is 0 Å². The maximum Gasteiger partial charge on any atom is 0.387 e. The summed E-state index contributed by atoms with van der Waals surface area (Å²) in [5, 5.41) is 0.163. The quantitative estimate of drug-likeness (QED) is 0.831. The highest BCUT2D eigenvalue weighted by molar-refractivity contribution is 7.92. The minimum atomic E-state index is -3.42. The van der Waals surface area contributed by atoms with E-state index in [1.54, 1.807) is 6.92 Å². The fourth-order valence-electron chi connectivity index (χ4n) is 1.62. The topological polar surface area (TPSA) is 81.2 Å². The van der Waals surface area contributed by atoms with Gasteiger partial charge in [0.2, 0.25) is 15.2 Å². The largest absolute Gasteiger partial charge is 0.435 e. The standard InChI is InChI=1S/C12H13F2N3O3S2/c1-2-7-22(18,19)17-12-15-10(16-21-12)8-3-5-9(6-4-8)20-11(13)14/h3-6,11H,2,7H2,1H3,(H,15,16,17). The summed E-state index contributed by atoms with van der Waals surface area (Å²) in [7, 11) is -3.42. The number of hydrogen-bond acceptors (Lipinski definition) is 6. The van der Waals surface area contributed by atoms with Gasteiger partial charge >= 0.3 is 6.61 Å². The molecule has 0 atom stereocenters. The van der Waals surface area contributed by atoms with Crippen LogP contribution in [0.15, 0.2) is 24.3 Å². The van der Waals surface area contributed by atoms with E-state index in [0.29, 0.717) is 17.8 Å². The predicted octanol–water partition coefficient (Wildman–Crippen LogP) is 2.96. The second-order valence-electron chi connectivity index (χ2n) is 4.25. The lowest BCUT2D eigenvalue weighted by molar-refractivity contribution is -0.0498. The molecule has 22 heavy (non-hydrogen) atoms. The summed E-state index contributed by atoms with van der Waals surface area (Å²) in [5.41, 5.74) is 0.568. The highest BCUT2D eigenvalue weighted by Gasteiger charge is 2.13. The van der Waals surface area contributed by atoms with Gasteiger partial charge < -0.3 is 4.74 Å². The first kappa shape index (κ1) is 16.6. The minimum absolute atomic E-state index is 0.00156. The first-order valence-electron chi connectivity index (χ1n) is 6.29. The van der Waals surface area contributed by atoms with Gasteiger partial charge in [0, 0.05) is 17.1 Å². The molecule has 1 N–H and O–H groups in total. The van der Waals surface area contributed by atoms with E-state index < -0.39 is 16.6 Å². The van der Waals surface area contributed by atoms with Crippen LogP contribution in [0.2, 0.25) is 0 Å². The number of halogens is 2. The lowest BCUT2D eigenvalue weighted by Gasteiger charge is -2.04. The van der Waals surface area contributed by atoms with Crippen LogP contribution in [0.5, 0.6) is 5.75 Å². The third kappa shape index (κ3) is 4.60. The van der Waals surface area contributed by atoms with E-state index in [9.17, 15) is 17.2 Å². The van der Waals surface area contributed by atoms with Crippen LogP contribution in [0, 0.1) is 0 Å². The van der Waals surface area contributed by atoms with Crippen molar-refractivity contribution in [3.05, 3.63) is 24.3 Å².